The highest BCUT2D eigenvalue weighted by Gasteiger charge is 2.22. The molecule has 4 heteroatoms. The molecule has 0 spiro atoms. The minimum Gasteiger partial charge on any atom is -0.330 e. The molecule has 0 bridgehead atoms. The fourth-order valence-corrected chi connectivity index (χ4v) is 2.09. The summed E-state index contributed by atoms with van der Waals surface area (Å²) in [5.74, 6) is 0. The van der Waals surface area contributed by atoms with E-state index in [2.05, 4.69) is 31.0 Å². The second kappa shape index (κ2) is 4.84. The van der Waals surface area contributed by atoms with Gasteiger partial charge in [0, 0.05) is 11.8 Å². The lowest BCUT2D eigenvalue weighted by Gasteiger charge is -2.17. The van der Waals surface area contributed by atoms with Crippen LogP contribution >= 0.6 is 11.3 Å². The van der Waals surface area contributed by atoms with Gasteiger partial charge in [-0.2, -0.15) is 0 Å². The van der Waals surface area contributed by atoms with Crippen LogP contribution in [0.1, 0.15) is 43.6 Å². The van der Waals surface area contributed by atoms with Crippen molar-refractivity contribution in [2.45, 2.75) is 45.4 Å². The zero-order chi connectivity index (χ0) is 10.6. The third-order valence-electron chi connectivity index (χ3n) is 2.52. The van der Waals surface area contributed by atoms with Gasteiger partial charge in [0.15, 0.2) is 0 Å². The van der Waals surface area contributed by atoms with Crippen molar-refractivity contribution in [2.24, 2.45) is 5.73 Å². The largest absolute Gasteiger partial charge is 0.330 e. The Labute approximate surface area is 89.7 Å². The van der Waals surface area contributed by atoms with Crippen molar-refractivity contribution < 1.29 is 0 Å². The summed E-state index contributed by atoms with van der Waals surface area (Å²) < 4.78 is 0. The van der Waals surface area contributed by atoms with E-state index in [0.29, 0.717) is 0 Å². The van der Waals surface area contributed by atoms with Gasteiger partial charge < -0.3 is 5.73 Å². The molecule has 0 atom stereocenters. The maximum Gasteiger partial charge on any atom is 0.123 e. The summed E-state index contributed by atoms with van der Waals surface area (Å²) >= 11 is 1.73. The average molecular weight is 213 g/mol. The van der Waals surface area contributed by atoms with Gasteiger partial charge in [0.25, 0.3) is 0 Å². The molecule has 0 unspecified atom stereocenters. The van der Waals surface area contributed by atoms with Crippen LogP contribution in [0.25, 0.3) is 0 Å². The lowest BCUT2D eigenvalue weighted by Crippen LogP contribution is -2.14. The van der Waals surface area contributed by atoms with Crippen molar-refractivity contribution in [1.29, 1.82) is 0 Å². The van der Waals surface area contributed by atoms with Gasteiger partial charge in [0.1, 0.15) is 10.0 Å². The van der Waals surface area contributed by atoms with E-state index in [0.717, 1.165) is 35.8 Å². The third-order valence-corrected chi connectivity index (χ3v) is 3.87. The summed E-state index contributed by atoms with van der Waals surface area (Å²) in [6.45, 7) is 7.33. The van der Waals surface area contributed by atoms with Crippen LogP contribution in [0.4, 0.5) is 0 Å². The van der Waals surface area contributed by atoms with Crippen LogP contribution in [-0.2, 0) is 11.8 Å². The number of aryl methyl sites for hydroxylation is 1. The third kappa shape index (κ3) is 2.75. The van der Waals surface area contributed by atoms with Crippen molar-refractivity contribution in [3.05, 3.63) is 10.0 Å². The van der Waals surface area contributed by atoms with E-state index >= 15 is 0 Å². The second-order valence-electron chi connectivity index (χ2n) is 4.13. The fourth-order valence-electron chi connectivity index (χ4n) is 1.03. The molecule has 0 saturated heterocycles. The lowest BCUT2D eigenvalue weighted by atomic mass is 9.91. The number of hydrogen-bond acceptors (Lipinski definition) is 4. The molecule has 2 N–H and O–H groups in total. The van der Waals surface area contributed by atoms with E-state index in [4.69, 9.17) is 5.73 Å². The maximum absolute atomic E-state index is 5.45. The molecule has 0 amide bonds. The van der Waals surface area contributed by atoms with Crippen LogP contribution < -0.4 is 5.73 Å². The van der Waals surface area contributed by atoms with Crippen LogP contribution in [0.3, 0.4) is 0 Å². The molecule has 0 aliphatic heterocycles. The molecule has 0 radical (unpaired) electrons. The van der Waals surface area contributed by atoms with Gasteiger partial charge in [-0.3, -0.25) is 0 Å². The first-order valence-electron chi connectivity index (χ1n) is 5.13. The van der Waals surface area contributed by atoms with E-state index in [1.54, 1.807) is 11.3 Å². The molecule has 1 aromatic rings. The molecule has 0 fully saturated rings. The first-order chi connectivity index (χ1) is 6.60. The Hall–Kier alpha value is -0.480. The molecule has 1 heterocycles. The number of rotatable bonds is 5. The van der Waals surface area contributed by atoms with E-state index in [1.165, 1.54) is 0 Å². The maximum atomic E-state index is 5.45. The predicted molar refractivity (Wildman–Crippen MR) is 60.6 cm³/mol. The molecular weight excluding hydrogens is 194 g/mol. The minimum absolute atomic E-state index is 0.165. The Balaban J connectivity index is 2.67. The first kappa shape index (κ1) is 11.6. The molecule has 0 aliphatic carbocycles. The summed E-state index contributed by atoms with van der Waals surface area (Å²) in [5.41, 5.74) is 5.62. The van der Waals surface area contributed by atoms with Gasteiger partial charge >= 0.3 is 0 Å². The highest BCUT2D eigenvalue weighted by molar-refractivity contribution is 7.11. The first-order valence-corrected chi connectivity index (χ1v) is 5.94. The highest BCUT2D eigenvalue weighted by Crippen LogP contribution is 2.29. The van der Waals surface area contributed by atoms with Crippen LogP contribution in [-0.4, -0.2) is 16.7 Å². The molecule has 0 aliphatic rings. The van der Waals surface area contributed by atoms with E-state index in [1.807, 2.05) is 0 Å². The summed E-state index contributed by atoms with van der Waals surface area (Å²) in [6.07, 6.45) is 3.06. The Kier molecular flexibility index (Phi) is 4.01. The van der Waals surface area contributed by atoms with Gasteiger partial charge in [-0.25, -0.2) is 0 Å². The Morgan fingerprint density at radius 2 is 2.07 bits per heavy atom. The van der Waals surface area contributed by atoms with E-state index in [9.17, 15) is 0 Å². The van der Waals surface area contributed by atoms with Crippen molar-refractivity contribution in [2.75, 3.05) is 6.54 Å². The van der Waals surface area contributed by atoms with Gasteiger partial charge in [0.2, 0.25) is 0 Å². The average Bonchev–Trinajstić information content (AvgIpc) is 2.63. The van der Waals surface area contributed by atoms with Crippen molar-refractivity contribution in [1.82, 2.24) is 10.2 Å². The Morgan fingerprint density at radius 3 is 2.64 bits per heavy atom. The van der Waals surface area contributed by atoms with Crippen LogP contribution in [0.15, 0.2) is 0 Å². The topological polar surface area (TPSA) is 51.8 Å². The monoisotopic (exact) mass is 213 g/mol. The Bertz CT molecular complexity index is 281. The van der Waals surface area contributed by atoms with Crippen molar-refractivity contribution in [3.63, 3.8) is 0 Å². The fraction of sp³-hybridized carbons (Fsp3) is 0.800. The quantitative estimate of drug-likeness (QED) is 0.815. The van der Waals surface area contributed by atoms with Crippen LogP contribution in [0, 0.1) is 0 Å². The number of nitrogens with zero attached hydrogens (tertiary/aromatic N) is 2. The van der Waals surface area contributed by atoms with E-state index in [-0.39, 0.29) is 5.41 Å². The van der Waals surface area contributed by atoms with Crippen LogP contribution in [0.5, 0.6) is 0 Å². The zero-order valence-electron chi connectivity index (χ0n) is 9.21. The smallest absolute Gasteiger partial charge is 0.123 e. The molecule has 80 valence electrons. The SMILES string of the molecule is CCC(C)(C)c1nnc(CCCN)s1. The van der Waals surface area contributed by atoms with Gasteiger partial charge in [-0.1, -0.05) is 20.8 Å². The summed E-state index contributed by atoms with van der Waals surface area (Å²) in [7, 11) is 0. The van der Waals surface area contributed by atoms with Gasteiger partial charge in [-0.05, 0) is 19.4 Å². The summed E-state index contributed by atoms with van der Waals surface area (Å²) in [5, 5.41) is 10.7. The predicted octanol–water partition coefficient (Wildman–Crippen LogP) is 2.12. The normalized spacial score (nSPS) is 12.0. The zero-order valence-corrected chi connectivity index (χ0v) is 10.0. The molecule has 3 nitrogen and oxygen atoms in total. The van der Waals surface area contributed by atoms with Gasteiger partial charge in [0.05, 0.1) is 0 Å². The molecule has 0 aromatic carbocycles. The molecule has 14 heavy (non-hydrogen) atoms. The lowest BCUT2D eigenvalue weighted by molar-refractivity contribution is 0.498. The number of nitrogens with two attached hydrogens (primary N) is 1. The molecular formula is C10H19N3S. The van der Waals surface area contributed by atoms with Crippen molar-refractivity contribution >= 4 is 11.3 Å². The van der Waals surface area contributed by atoms with Gasteiger partial charge in [-0.15, -0.1) is 21.5 Å². The van der Waals surface area contributed by atoms with Crippen LogP contribution in [0.2, 0.25) is 0 Å². The minimum atomic E-state index is 0.165. The van der Waals surface area contributed by atoms with E-state index < -0.39 is 0 Å². The highest BCUT2D eigenvalue weighted by atomic mass is 32.1. The molecule has 0 saturated carbocycles. The summed E-state index contributed by atoms with van der Waals surface area (Å²) in [4.78, 5) is 0. The number of hydrogen-bond donors (Lipinski definition) is 1. The van der Waals surface area contributed by atoms with Crippen molar-refractivity contribution in [3.8, 4) is 0 Å². The second-order valence-corrected chi connectivity index (χ2v) is 5.19. The molecule has 1 aromatic heterocycles. The molecule has 1 rings (SSSR count). The Morgan fingerprint density at radius 1 is 1.36 bits per heavy atom. The number of aromatic nitrogens is 2. The standard InChI is InChI=1S/C10H19N3S/c1-4-10(2,3)9-13-12-8(14-9)6-5-7-11/h4-7,11H2,1-3H3. The summed E-state index contributed by atoms with van der Waals surface area (Å²) in [6, 6.07) is 0.